The molecule has 10 heteroatoms. The van der Waals surface area contributed by atoms with E-state index in [2.05, 4.69) is 10.1 Å². The fourth-order valence-corrected chi connectivity index (χ4v) is 3.45. The van der Waals surface area contributed by atoms with Gasteiger partial charge in [-0.25, -0.2) is 0 Å². The Morgan fingerprint density at radius 2 is 1.79 bits per heavy atom. The zero-order valence-electron chi connectivity index (χ0n) is 15.1. The number of halogens is 3. The number of nitrogens with one attached hydrogen (secondary N) is 1. The number of rotatable bonds is 6. The monoisotopic (exact) mass is 423 g/mol. The average molecular weight is 423 g/mol. The Morgan fingerprint density at radius 3 is 2.41 bits per heavy atom. The van der Waals surface area contributed by atoms with E-state index in [0.29, 0.717) is 4.88 Å². The fourth-order valence-electron chi connectivity index (χ4n) is 2.56. The quantitative estimate of drug-likeness (QED) is 0.648. The summed E-state index contributed by atoms with van der Waals surface area (Å²) in [7, 11) is 1.50. The molecule has 2 heterocycles. The summed E-state index contributed by atoms with van der Waals surface area (Å²) < 4.78 is 42.1. The first-order valence-corrected chi connectivity index (χ1v) is 9.23. The van der Waals surface area contributed by atoms with Gasteiger partial charge in [0.1, 0.15) is 10.6 Å². The van der Waals surface area contributed by atoms with Gasteiger partial charge in [-0.05, 0) is 47.8 Å². The maximum absolute atomic E-state index is 12.7. The normalized spacial score (nSPS) is 11.2. The molecule has 1 aromatic carbocycles. The minimum Gasteiger partial charge on any atom is -0.406 e. The summed E-state index contributed by atoms with van der Waals surface area (Å²) in [6.07, 6.45) is -1.15. The van der Waals surface area contributed by atoms with Crippen molar-refractivity contribution in [1.82, 2.24) is 9.47 Å². The Kier molecular flexibility index (Phi) is 5.92. The molecule has 0 atom stereocenters. The lowest BCUT2D eigenvalue weighted by atomic mass is 10.3. The van der Waals surface area contributed by atoms with Crippen molar-refractivity contribution in [3.05, 3.63) is 65.1 Å². The number of aromatic nitrogens is 1. The van der Waals surface area contributed by atoms with E-state index in [1.165, 1.54) is 35.4 Å². The van der Waals surface area contributed by atoms with Crippen molar-refractivity contribution in [1.29, 1.82) is 0 Å². The highest BCUT2D eigenvalue weighted by Gasteiger charge is 2.31. The summed E-state index contributed by atoms with van der Waals surface area (Å²) in [4.78, 5) is 26.7. The molecule has 0 aliphatic rings. The number of hydrogen-bond acceptors (Lipinski definition) is 4. The summed E-state index contributed by atoms with van der Waals surface area (Å²) in [5.74, 6) is -1.18. The molecule has 0 radical (unpaired) electrons. The number of likely N-dealkylation sites (N-methyl/N-ethyl adjacent to an activating group) is 1. The second-order valence-corrected chi connectivity index (χ2v) is 6.92. The molecule has 2 aromatic heterocycles. The van der Waals surface area contributed by atoms with Gasteiger partial charge >= 0.3 is 6.36 Å². The van der Waals surface area contributed by atoms with Crippen LogP contribution in [0.1, 0.15) is 9.67 Å². The van der Waals surface area contributed by atoms with Gasteiger partial charge in [-0.3, -0.25) is 9.59 Å². The first-order chi connectivity index (χ1) is 13.7. The second kappa shape index (κ2) is 8.39. The molecule has 29 heavy (non-hydrogen) atoms. The number of hydrogen-bond donors (Lipinski definition) is 1. The maximum atomic E-state index is 12.7. The zero-order chi connectivity index (χ0) is 21.0. The number of alkyl halides is 3. The van der Waals surface area contributed by atoms with Crippen LogP contribution >= 0.6 is 11.3 Å². The van der Waals surface area contributed by atoms with Crippen molar-refractivity contribution in [2.24, 2.45) is 0 Å². The summed E-state index contributed by atoms with van der Waals surface area (Å²) in [6, 6.07) is 10.2. The van der Waals surface area contributed by atoms with E-state index in [9.17, 15) is 22.8 Å². The Balaban J connectivity index is 1.60. The van der Waals surface area contributed by atoms with Crippen LogP contribution in [0.25, 0.3) is 5.69 Å². The largest absolute Gasteiger partial charge is 0.573 e. The topological polar surface area (TPSA) is 63.6 Å². The van der Waals surface area contributed by atoms with Crippen molar-refractivity contribution in [3.63, 3.8) is 0 Å². The number of thiophene rings is 1. The highest BCUT2D eigenvalue weighted by molar-refractivity contribution is 7.12. The van der Waals surface area contributed by atoms with Crippen molar-refractivity contribution in [2.75, 3.05) is 18.9 Å². The number of benzene rings is 1. The molecule has 0 saturated carbocycles. The molecular weight excluding hydrogens is 407 g/mol. The average Bonchev–Trinajstić information content (AvgIpc) is 3.32. The van der Waals surface area contributed by atoms with Crippen molar-refractivity contribution < 1.29 is 27.5 Å². The maximum Gasteiger partial charge on any atom is 0.573 e. The molecule has 3 aromatic rings. The van der Waals surface area contributed by atoms with Gasteiger partial charge in [0.2, 0.25) is 5.91 Å². The van der Waals surface area contributed by atoms with Crippen LogP contribution in [-0.2, 0) is 4.79 Å². The molecular formula is C19H16F3N3O3S. The third kappa shape index (κ3) is 5.38. The lowest BCUT2D eigenvalue weighted by Gasteiger charge is -2.17. The van der Waals surface area contributed by atoms with Crippen molar-refractivity contribution in [2.45, 2.75) is 6.36 Å². The Morgan fingerprint density at radius 1 is 1.14 bits per heavy atom. The Bertz CT molecular complexity index is 982. The summed E-state index contributed by atoms with van der Waals surface area (Å²) in [5.41, 5.74) is 1.01. The number of ether oxygens (including phenoxy) is 1. The molecule has 2 amide bonds. The number of amides is 2. The lowest BCUT2D eigenvalue weighted by molar-refractivity contribution is -0.274. The molecule has 0 unspecified atom stereocenters. The molecule has 0 aliphatic heterocycles. The standard InChI is InChI=1S/C19H16F3N3O3S/c1-24(18(27)17-15(8-11-29-17)25-9-2-3-10-25)12-16(26)23-13-4-6-14(7-5-13)28-19(20,21)22/h2-11H,12H2,1H3,(H,23,26). The number of nitrogens with zero attached hydrogens (tertiary/aromatic N) is 2. The number of anilines is 1. The van der Waals surface area contributed by atoms with Crippen LogP contribution in [0, 0.1) is 0 Å². The van der Waals surface area contributed by atoms with Crippen LogP contribution in [0.5, 0.6) is 5.75 Å². The van der Waals surface area contributed by atoms with Crippen LogP contribution in [-0.4, -0.2) is 41.2 Å². The number of carbonyl (C=O) groups is 2. The molecule has 1 N–H and O–H groups in total. The predicted octanol–water partition coefficient (Wildman–Crippen LogP) is 4.15. The molecule has 152 valence electrons. The van der Waals surface area contributed by atoms with Gasteiger partial charge in [-0.1, -0.05) is 0 Å². The van der Waals surface area contributed by atoms with Crippen molar-refractivity contribution >= 4 is 28.8 Å². The van der Waals surface area contributed by atoms with E-state index >= 15 is 0 Å². The fraction of sp³-hybridized carbons (Fsp3) is 0.158. The summed E-state index contributed by atoms with van der Waals surface area (Å²) in [6.45, 7) is -0.220. The van der Waals surface area contributed by atoms with E-state index in [0.717, 1.165) is 17.8 Å². The van der Waals surface area contributed by atoms with Gasteiger partial charge in [0.25, 0.3) is 5.91 Å². The number of carbonyl (C=O) groups excluding carboxylic acids is 2. The van der Waals surface area contributed by atoms with Gasteiger partial charge in [0.05, 0.1) is 12.2 Å². The molecule has 3 rings (SSSR count). The molecule has 0 fully saturated rings. The molecule has 0 bridgehead atoms. The molecule has 0 aliphatic carbocycles. The van der Waals surface area contributed by atoms with E-state index in [1.54, 1.807) is 5.38 Å². The SMILES string of the molecule is CN(CC(=O)Nc1ccc(OC(F)(F)F)cc1)C(=O)c1sccc1-n1cccc1. The minimum atomic E-state index is -4.78. The summed E-state index contributed by atoms with van der Waals surface area (Å²) >= 11 is 1.27. The van der Waals surface area contributed by atoms with Crippen LogP contribution in [0.4, 0.5) is 18.9 Å². The van der Waals surface area contributed by atoms with Crippen molar-refractivity contribution in [3.8, 4) is 11.4 Å². The minimum absolute atomic E-state index is 0.220. The lowest BCUT2D eigenvalue weighted by Crippen LogP contribution is -2.34. The van der Waals surface area contributed by atoms with Gasteiger partial charge in [-0.2, -0.15) is 0 Å². The van der Waals surface area contributed by atoms with E-state index in [4.69, 9.17) is 0 Å². The van der Waals surface area contributed by atoms with Crippen LogP contribution in [0.2, 0.25) is 0 Å². The highest BCUT2D eigenvalue weighted by atomic mass is 32.1. The molecule has 6 nitrogen and oxygen atoms in total. The van der Waals surface area contributed by atoms with Gasteiger partial charge in [0, 0.05) is 25.1 Å². The zero-order valence-corrected chi connectivity index (χ0v) is 16.0. The third-order valence-corrected chi connectivity index (χ3v) is 4.71. The van der Waals surface area contributed by atoms with E-state index in [-0.39, 0.29) is 18.1 Å². The smallest absolute Gasteiger partial charge is 0.406 e. The first-order valence-electron chi connectivity index (χ1n) is 8.35. The van der Waals surface area contributed by atoms with Gasteiger partial charge in [-0.15, -0.1) is 24.5 Å². The van der Waals surface area contributed by atoms with Gasteiger partial charge < -0.3 is 19.5 Å². The predicted molar refractivity (Wildman–Crippen MR) is 102 cm³/mol. The Hall–Kier alpha value is -3.27. The summed E-state index contributed by atoms with van der Waals surface area (Å²) in [5, 5.41) is 4.33. The van der Waals surface area contributed by atoms with Crippen LogP contribution < -0.4 is 10.1 Å². The van der Waals surface area contributed by atoms with Crippen LogP contribution in [0.15, 0.2) is 60.2 Å². The molecule has 0 saturated heterocycles. The third-order valence-electron chi connectivity index (χ3n) is 3.82. The van der Waals surface area contributed by atoms with Crippen LogP contribution in [0.3, 0.4) is 0 Å². The first kappa shape index (κ1) is 20.5. The second-order valence-electron chi connectivity index (χ2n) is 6.01. The molecule has 0 spiro atoms. The Labute approximate surface area is 168 Å². The highest BCUT2D eigenvalue weighted by Crippen LogP contribution is 2.24. The van der Waals surface area contributed by atoms with Gasteiger partial charge in [0.15, 0.2) is 0 Å². The van der Waals surface area contributed by atoms with E-state index in [1.807, 2.05) is 35.2 Å². The van der Waals surface area contributed by atoms with E-state index < -0.39 is 18.0 Å².